The second kappa shape index (κ2) is 6.30. The van der Waals surface area contributed by atoms with Crippen LogP contribution in [0.3, 0.4) is 0 Å². The van der Waals surface area contributed by atoms with Crippen LogP contribution in [0.25, 0.3) is 0 Å². The molecule has 0 aliphatic carbocycles. The zero-order chi connectivity index (χ0) is 14.7. The number of rotatable bonds is 5. The number of aromatic nitrogens is 3. The Morgan fingerprint density at radius 2 is 2.14 bits per heavy atom. The molecule has 1 unspecified atom stereocenters. The van der Waals surface area contributed by atoms with E-state index in [2.05, 4.69) is 17.1 Å². The van der Waals surface area contributed by atoms with Gasteiger partial charge in [0, 0.05) is 6.54 Å². The highest BCUT2D eigenvalue weighted by molar-refractivity contribution is 7.71. The molecule has 0 spiro atoms. The summed E-state index contributed by atoms with van der Waals surface area (Å²) in [5.74, 6) is 2.34. The van der Waals surface area contributed by atoms with Crippen LogP contribution in [0, 0.1) is 4.77 Å². The fraction of sp³-hybridized carbons (Fsp3) is 0.467. The summed E-state index contributed by atoms with van der Waals surface area (Å²) in [5.41, 5.74) is 0. The van der Waals surface area contributed by atoms with Crippen molar-refractivity contribution >= 4 is 12.2 Å². The van der Waals surface area contributed by atoms with E-state index in [0.717, 1.165) is 30.3 Å². The number of hydrogen-bond acceptors (Lipinski definition) is 4. The minimum Gasteiger partial charge on any atom is -0.485 e. The van der Waals surface area contributed by atoms with E-state index in [-0.39, 0.29) is 6.10 Å². The quantitative estimate of drug-likeness (QED) is 0.677. The third-order valence-corrected chi connectivity index (χ3v) is 3.88. The topological polar surface area (TPSA) is 52.1 Å². The average Bonchev–Trinajstić information content (AvgIpc) is 2.88. The van der Waals surface area contributed by atoms with Gasteiger partial charge in [-0.1, -0.05) is 31.9 Å². The number of nitrogens with zero attached hydrogens (tertiary/aromatic N) is 2. The molecule has 1 N–H and O–H groups in total. The second-order valence-corrected chi connectivity index (χ2v) is 5.50. The van der Waals surface area contributed by atoms with Gasteiger partial charge in [0.1, 0.15) is 6.61 Å². The third kappa shape index (κ3) is 2.95. The number of fused-ring (bicyclic) bond motifs is 1. The number of H-pyrrole nitrogens is 1. The van der Waals surface area contributed by atoms with E-state index in [4.69, 9.17) is 21.7 Å². The van der Waals surface area contributed by atoms with E-state index in [1.165, 1.54) is 12.8 Å². The zero-order valence-corrected chi connectivity index (χ0v) is 12.9. The summed E-state index contributed by atoms with van der Waals surface area (Å²) in [4.78, 5) is 0. The van der Waals surface area contributed by atoms with Crippen LogP contribution in [-0.2, 0) is 6.54 Å². The lowest BCUT2D eigenvalue weighted by Crippen LogP contribution is -2.25. The molecule has 0 amide bonds. The van der Waals surface area contributed by atoms with Crippen LogP contribution in [0.1, 0.15) is 38.1 Å². The first-order valence-corrected chi connectivity index (χ1v) is 7.74. The van der Waals surface area contributed by atoms with Gasteiger partial charge in [-0.05, 0) is 30.8 Å². The first-order valence-electron chi connectivity index (χ1n) is 7.33. The molecule has 2 heterocycles. The third-order valence-electron chi connectivity index (χ3n) is 3.57. The Morgan fingerprint density at radius 3 is 2.95 bits per heavy atom. The number of hydrogen-bond donors (Lipinski definition) is 1. The van der Waals surface area contributed by atoms with E-state index >= 15 is 0 Å². The molecule has 0 saturated heterocycles. The van der Waals surface area contributed by atoms with E-state index in [1.807, 2.05) is 28.8 Å². The van der Waals surface area contributed by atoms with Gasteiger partial charge in [-0.15, -0.1) is 0 Å². The Labute approximate surface area is 128 Å². The summed E-state index contributed by atoms with van der Waals surface area (Å²) in [6, 6.07) is 7.68. The van der Waals surface area contributed by atoms with E-state index in [1.54, 1.807) is 0 Å². The first-order chi connectivity index (χ1) is 10.3. The molecule has 1 aromatic heterocycles. The minimum atomic E-state index is -0.227. The van der Waals surface area contributed by atoms with Gasteiger partial charge in [0.05, 0.1) is 0 Å². The SMILES string of the molecule is CCCCCn1c(C2COc3ccccc3O2)n[nH]c1=S. The lowest BCUT2D eigenvalue weighted by molar-refractivity contribution is 0.0819. The molecule has 112 valence electrons. The van der Waals surface area contributed by atoms with Gasteiger partial charge in [-0.2, -0.15) is 5.10 Å². The van der Waals surface area contributed by atoms with Crippen molar-refractivity contribution in [1.29, 1.82) is 0 Å². The fourth-order valence-corrected chi connectivity index (χ4v) is 2.69. The molecule has 21 heavy (non-hydrogen) atoms. The Bertz CT molecular complexity index is 665. The van der Waals surface area contributed by atoms with Gasteiger partial charge < -0.3 is 14.0 Å². The van der Waals surface area contributed by atoms with Crippen LogP contribution in [0.5, 0.6) is 11.5 Å². The highest BCUT2D eigenvalue weighted by Gasteiger charge is 2.26. The van der Waals surface area contributed by atoms with Crippen LogP contribution >= 0.6 is 12.2 Å². The minimum absolute atomic E-state index is 0.227. The molecule has 1 aliphatic heterocycles. The highest BCUT2D eigenvalue weighted by Crippen LogP contribution is 2.35. The highest BCUT2D eigenvalue weighted by atomic mass is 32.1. The molecule has 2 aromatic rings. The molecule has 5 nitrogen and oxygen atoms in total. The second-order valence-electron chi connectivity index (χ2n) is 5.11. The Morgan fingerprint density at radius 1 is 1.33 bits per heavy atom. The summed E-state index contributed by atoms with van der Waals surface area (Å²) in [5, 5.41) is 7.20. The first kappa shape index (κ1) is 14.1. The van der Waals surface area contributed by atoms with E-state index in [0.29, 0.717) is 11.4 Å². The van der Waals surface area contributed by atoms with E-state index in [9.17, 15) is 0 Å². The van der Waals surface area contributed by atoms with Crippen molar-refractivity contribution in [3.05, 3.63) is 34.9 Å². The molecular weight excluding hydrogens is 286 g/mol. The number of benzene rings is 1. The van der Waals surface area contributed by atoms with Gasteiger partial charge >= 0.3 is 0 Å². The standard InChI is InChI=1S/C15H19N3O2S/c1-2-3-6-9-18-14(16-17-15(18)21)13-10-19-11-7-4-5-8-12(11)20-13/h4-5,7-8,13H,2-3,6,9-10H2,1H3,(H,17,21). The number of para-hydroxylation sites is 2. The molecule has 1 aromatic carbocycles. The Kier molecular flexibility index (Phi) is 4.24. The predicted octanol–water partition coefficient (Wildman–Crippen LogP) is 3.64. The van der Waals surface area contributed by atoms with Gasteiger partial charge in [0.2, 0.25) is 0 Å². The summed E-state index contributed by atoms with van der Waals surface area (Å²) >= 11 is 5.32. The van der Waals surface area contributed by atoms with Crippen LogP contribution in [-0.4, -0.2) is 21.4 Å². The zero-order valence-electron chi connectivity index (χ0n) is 12.0. The molecular formula is C15H19N3O2S. The molecule has 1 aliphatic rings. The predicted molar refractivity (Wildman–Crippen MR) is 82.2 cm³/mol. The summed E-state index contributed by atoms with van der Waals surface area (Å²) in [7, 11) is 0. The lowest BCUT2D eigenvalue weighted by Gasteiger charge is -2.26. The van der Waals surface area contributed by atoms with Crippen molar-refractivity contribution < 1.29 is 9.47 Å². The van der Waals surface area contributed by atoms with Crippen molar-refractivity contribution in [2.75, 3.05) is 6.61 Å². The molecule has 0 bridgehead atoms. The molecule has 0 radical (unpaired) electrons. The normalized spacial score (nSPS) is 16.9. The number of nitrogens with one attached hydrogen (secondary N) is 1. The molecule has 6 heteroatoms. The van der Waals surface area contributed by atoms with Crippen molar-refractivity contribution in [3.63, 3.8) is 0 Å². The summed E-state index contributed by atoms with van der Waals surface area (Å²) < 4.78 is 14.4. The van der Waals surface area contributed by atoms with Gasteiger partial charge in [-0.25, -0.2) is 0 Å². The molecule has 3 rings (SSSR count). The van der Waals surface area contributed by atoms with Crippen molar-refractivity contribution in [1.82, 2.24) is 14.8 Å². The maximum atomic E-state index is 6.00. The van der Waals surface area contributed by atoms with Crippen LogP contribution in [0.4, 0.5) is 0 Å². The summed E-state index contributed by atoms with van der Waals surface area (Å²) in [6.07, 6.45) is 3.21. The Hall–Kier alpha value is -1.82. The van der Waals surface area contributed by atoms with Gasteiger partial charge in [0.25, 0.3) is 0 Å². The van der Waals surface area contributed by atoms with Crippen LogP contribution < -0.4 is 9.47 Å². The lowest BCUT2D eigenvalue weighted by atomic mass is 10.2. The number of ether oxygens (including phenoxy) is 2. The fourth-order valence-electron chi connectivity index (χ4n) is 2.46. The maximum Gasteiger partial charge on any atom is 0.195 e. The molecule has 0 fully saturated rings. The maximum absolute atomic E-state index is 6.00. The number of aromatic amines is 1. The van der Waals surface area contributed by atoms with E-state index < -0.39 is 0 Å². The van der Waals surface area contributed by atoms with Crippen LogP contribution in [0.15, 0.2) is 24.3 Å². The van der Waals surface area contributed by atoms with Crippen molar-refractivity contribution in [2.24, 2.45) is 0 Å². The van der Waals surface area contributed by atoms with Crippen molar-refractivity contribution in [3.8, 4) is 11.5 Å². The molecule has 1 atom stereocenters. The number of unbranched alkanes of at least 4 members (excludes halogenated alkanes) is 2. The summed E-state index contributed by atoms with van der Waals surface area (Å²) in [6.45, 7) is 3.50. The average molecular weight is 305 g/mol. The smallest absolute Gasteiger partial charge is 0.195 e. The van der Waals surface area contributed by atoms with Crippen LogP contribution in [0.2, 0.25) is 0 Å². The molecule has 0 saturated carbocycles. The van der Waals surface area contributed by atoms with Gasteiger partial charge in [0.15, 0.2) is 28.2 Å². The van der Waals surface area contributed by atoms with Gasteiger partial charge in [-0.3, -0.25) is 5.10 Å². The monoisotopic (exact) mass is 305 g/mol. The largest absolute Gasteiger partial charge is 0.485 e. The Balaban J connectivity index is 1.80. The van der Waals surface area contributed by atoms with Crippen molar-refractivity contribution in [2.45, 2.75) is 38.8 Å².